The summed E-state index contributed by atoms with van der Waals surface area (Å²) in [7, 11) is 1.33. The van der Waals surface area contributed by atoms with Crippen LogP contribution in [-0.2, 0) is 17.8 Å². The van der Waals surface area contributed by atoms with Gasteiger partial charge in [0, 0.05) is 13.1 Å². The van der Waals surface area contributed by atoms with Crippen LogP contribution >= 0.6 is 0 Å². The van der Waals surface area contributed by atoms with Crippen LogP contribution in [-0.4, -0.2) is 13.1 Å². The molecule has 2 aromatic rings. The van der Waals surface area contributed by atoms with E-state index in [1.165, 1.54) is 13.2 Å². The summed E-state index contributed by atoms with van der Waals surface area (Å²) in [5, 5.41) is 3.09. The van der Waals surface area contributed by atoms with E-state index in [0.717, 1.165) is 17.7 Å². The molecule has 1 N–H and O–H groups in total. The van der Waals surface area contributed by atoms with Crippen LogP contribution in [0.3, 0.4) is 0 Å². The lowest BCUT2D eigenvalue weighted by molar-refractivity contribution is 0.0599. The Balaban J connectivity index is 2.00. The van der Waals surface area contributed by atoms with E-state index in [2.05, 4.69) is 5.32 Å². The molecule has 5 heteroatoms. The molecule has 0 unspecified atom stereocenters. The quantitative estimate of drug-likeness (QED) is 0.861. The van der Waals surface area contributed by atoms with Gasteiger partial charge < -0.3 is 10.1 Å². The van der Waals surface area contributed by atoms with Gasteiger partial charge in [-0.15, -0.1) is 0 Å². The van der Waals surface area contributed by atoms with Gasteiger partial charge >= 0.3 is 5.97 Å². The summed E-state index contributed by atoms with van der Waals surface area (Å²) in [6, 6.07) is 10.8. The average molecular weight is 291 g/mol. The Morgan fingerprint density at radius 1 is 1.10 bits per heavy atom. The lowest BCUT2D eigenvalue weighted by atomic mass is 10.1. The summed E-state index contributed by atoms with van der Waals surface area (Å²) < 4.78 is 30.6. The first-order chi connectivity index (χ1) is 10.1. The van der Waals surface area contributed by atoms with Crippen molar-refractivity contribution in [3.05, 3.63) is 70.8 Å². The maximum absolute atomic E-state index is 13.1. The van der Waals surface area contributed by atoms with Gasteiger partial charge in [-0.25, -0.2) is 13.6 Å². The first-order valence-corrected chi connectivity index (χ1v) is 6.42. The van der Waals surface area contributed by atoms with Crippen molar-refractivity contribution in [1.82, 2.24) is 5.32 Å². The molecule has 0 radical (unpaired) electrons. The number of hydrogen-bond acceptors (Lipinski definition) is 3. The van der Waals surface area contributed by atoms with Crippen LogP contribution in [0.2, 0.25) is 0 Å². The highest BCUT2D eigenvalue weighted by Gasteiger charge is 2.10. The average Bonchev–Trinajstić information content (AvgIpc) is 2.50. The van der Waals surface area contributed by atoms with E-state index in [9.17, 15) is 13.6 Å². The van der Waals surface area contributed by atoms with E-state index >= 15 is 0 Å². The standard InChI is InChI=1S/C16H15F2NO2/c1-21-16(20)13-5-3-2-4-12(13)10-19-9-11-6-7-14(17)15(18)8-11/h2-8,19H,9-10H2,1H3. The van der Waals surface area contributed by atoms with Crippen LogP contribution in [0.1, 0.15) is 21.5 Å². The van der Waals surface area contributed by atoms with Crippen LogP contribution < -0.4 is 5.32 Å². The van der Waals surface area contributed by atoms with E-state index in [4.69, 9.17) is 4.74 Å². The van der Waals surface area contributed by atoms with Gasteiger partial charge in [0.2, 0.25) is 0 Å². The predicted molar refractivity (Wildman–Crippen MR) is 74.7 cm³/mol. The molecule has 0 saturated heterocycles. The molecule has 0 aliphatic carbocycles. The Morgan fingerprint density at radius 3 is 2.57 bits per heavy atom. The van der Waals surface area contributed by atoms with Crippen LogP contribution in [0.5, 0.6) is 0 Å². The highest BCUT2D eigenvalue weighted by Crippen LogP contribution is 2.11. The molecular formula is C16H15F2NO2. The Labute approximate surface area is 121 Å². The number of halogens is 2. The molecule has 3 nitrogen and oxygen atoms in total. The molecule has 2 rings (SSSR count). The minimum Gasteiger partial charge on any atom is -0.465 e. The number of rotatable bonds is 5. The second-order valence-electron chi connectivity index (χ2n) is 4.50. The Bertz CT molecular complexity index is 644. The predicted octanol–water partition coefficient (Wildman–Crippen LogP) is 3.04. The molecule has 21 heavy (non-hydrogen) atoms. The topological polar surface area (TPSA) is 38.3 Å². The Kier molecular flexibility index (Phi) is 5.00. The number of ether oxygens (including phenoxy) is 1. The van der Waals surface area contributed by atoms with Crippen LogP contribution in [0, 0.1) is 11.6 Å². The number of carbonyl (C=O) groups excluding carboxylic acids is 1. The molecule has 0 amide bonds. The zero-order valence-corrected chi connectivity index (χ0v) is 11.5. The van der Waals surface area contributed by atoms with Crippen molar-refractivity contribution in [2.45, 2.75) is 13.1 Å². The van der Waals surface area contributed by atoms with Gasteiger partial charge in [0.1, 0.15) is 0 Å². The fourth-order valence-corrected chi connectivity index (χ4v) is 1.97. The molecule has 0 atom stereocenters. The van der Waals surface area contributed by atoms with Gasteiger partial charge in [-0.1, -0.05) is 24.3 Å². The molecule has 0 aliphatic heterocycles. The Morgan fingerprint density at radius 2 is 1.86 bits per heavy atom. The summed E-state index contributed by atoms with van der Waals surface area (Å²) in [6.45, 7) is 0.789. The smallest absolute Gasteiger partial charge is 0.338 e. The van der Waals surface area contributed by atoms with Crippen molar-refractivity contribution in [2.75, 3.05) is 7.11 Å². The molecule has 0 spiro atoms. The van der Waals surface area contributed by atoms with Crippen molar-refractivity contribution in [1.29, 1.82) is 0 Å². The summed E-state index contributed by atoms with van der Waals surface area (Å²) in [4.78, 5) is 11.6. The summed E-state index contributed by atoms with van der Waals surface area (Å²) in [5.74, 6) is -2.14. The van der Waals surface area contributed by atoms with E-state index < -0.39 is 17.6 Å². The van der Waals surface area contributed by atoms with Gasteiger partial charge in [-0.2, -0.15) is 0 Å². The first kappa shape index (κ1) is 15.1. The number of nitrogens with one attached hydrogen (secondary N) is 1. The lowest BCUT2D eigenvalue weighted by Gasteiger charge is -2.09. The lowest BCUT2D eigenvalue weighted by Crippen LogP contribution is -2.16. The molecule has 0 bridgehead atoms. The van der Waals surface area contributed by atoms with E-state index in [0.29, 0.717) is 24.2 Å². The second-order valence-corrected chi connectivity index (χ2v) is 4.50. The molecule has 0 saturated carbocycles. The van der Waals surface area contributed by atoms with Crippen LogP contribution in [0.4, 0.5) is 8.78 Å². The van der Waals surface area contributed by atoms with Crippen LogP contribution in [0.15, 0.2) is 42.5 Å². The highest BCUT2D eigenvalue weighted by molar-refractivity contribution is 5.90. The van der Waals surface area contributed by atoms with Gasteiger partial charge in [-0.3, -0.25) is 0 Å². The number of benzene rings is 2. The monoisotopic (exact) mass is 291 g/mol. The van der Waals surface area contributed by atoms with Gasteiger partial charge in [0.25, 0.3) is 0 Å². The summed E-state index contributed by atoms with van der Waals surface area (Å²) in [5.41, 5.74) is 1.90. The van der Waals surface area contributed by atoms with Gasteiger partial charge in [0.15, 0.2) is 11.6 Å². The molecule has 2 aromatic carbocycles. The second kappa shape index (κ2) is 6.95. The SMILES string of the molecule is COC(=O)c1ccccc1CNCc1ccc(F)c(F)c1. The van der Waals surface area contributed by atoms with Crippen molar-refractivity contribution < 1.29 is 18.3 Å². The maximum atomic E-state index is 13.1. The van der Waals surface area contributed by atoms with Crippen molar-refractivity contribution >= 4 is 5.97 Å². The number of methoxy groups -OCH3 is 1. The van der Waals surface area contributed by atoms with Crippen molar-refractivity contribution in [2.24, 2.45) is 0 Å². The number of hydrogen-bond donors (Lipinski definition) is 1. The largest absolute Gasteiger partial charge is 0.465 e. The minimum absolute atomic E-state index is 0.368. The van der Waals surface area contributed by atoms with Crippen molar-refractivity contribution in [3.63, 3.8) is 0 Å². The molecule has 0 fully saturated rings. The molecule has 110 valence electrons. The van der Waals surface area contributed by atoms with E-state index in [1.807, 2.05) is 12.1 Å². The molecular weight excluding hydrogens is 276 g/mol. The molecule has 0 heterocycles. The third kappa shape index (κ3) is 3.86. The third-order valence-corrected chi connectivity index (χ3v) is 3.05. The normalized spacial score (nSPS) is 10.4. The highest BCUT2D eigenvalue weighted by atomic mass is 19.2. The van der Waals surface area contributed by atoms with Gasteiger partial charge in [-0.05, 0) is 29.3 Å². The number of carbonyl (C=O) groups is 1. The zero-order chi connectivity index (χ0) is 15.2. The summed E-state index contributed by atoms with van der Waals surface area (Å²) in [6.07, 6.45) is 0. The zero-order valence-electron chi connectivity index (χ0n) is 11.5. The Hall–Kier alpha value is -2.27. The number of esters is 1. The summed E-state index contributed by atoms with van der Waals surface area (Å²) >= 11 is 0. The first-order valence-electron chi connectivity index (χ1n) is 6.42. The van der Waals surface area contributed by atoms with Gasteiger partial charge in [0.05, 0.1) is 12.7 Å². The minimum atomic E-state index is -0.871. The van der Waals surface area contributed by atoms with Crippen LogP contribution in [0.25, 0.3) is 0 Å². The van der Waals surface area contributed by atoms with Crippen molar-refractivity contribution in [3.8, 4) is 0 Å². The fourth-order valence-electron chi connectivity index (χ4n) is 1.97. The molecule has 0 aliphatic rings. The van der Waals surface area contributed by atoms with E-state index in [-0.39, 0.29) is 0 Å². The van der Waals surface area contributed by atoms with E-state index in [1.54, 1.807) is 12.1 Å². The molecule has 0 aromatic heterocycles. The fraction of sp³-hybridized carbons (Fsp3) is 0.188. The maximum Gasteiger partial charge on any atom is 0.338 e. The third-order valence-electron chi connectivity index (χ3n) is 3.05.